The number of para-hydroxylation sites is 1. The van der Waals surface area contributed by atoms with Gasteiger partial charge in [-0.1, -0.05) is 152 Å². The molecule has 218 valence electrons. The van der Waals surface area contributed by atoms with Crippen molar-refractivity contribution in [2.75, 3.05) is 0 Å². The molecule has 0 amide bonds. The molecule has 1 heteroatoms. The number of furan rings is 1. The van der Waals surface area contributed by atoms with Crippen LogP contribution in [0.1, 0.15) is 9.60 Å². The average Bonchev–Trinajstić information content (AvgIpc) is 3.61. The molecule has 0 aliphatic rings. The summed E-state index contributed by atoms with van der Waals surface area (Å²) in [7, 11) is 0. The Morgan fingerprint density at radius 1 is 0.383 bits per heavy atom. The molecule has 1 nitrogen and oxygen atoms in total. The molecule has 0 aliphatic heterocycles. The van der Waals surface area contributed by atoms with Crippen molar-refractivity contribution in [2.24, 2.45) is 0 Å². The van der Waals surface area contributed by atoms with Crippen molar-refractivity contribution in [2.45, 2.75) is 0 Å². The van der Waals surface area contributed by atoms with Gasteiger partial charge >= 0.3 is 0 Å². The van der Waals surface area contributed by atoms with Crippen molar-refractivity contribution in [1.29, 1.82) is 0 Å². The number of rotatable bonds is 3. The van der Waals surface area contributed by atoms with Crippen LogP contribution < -0.4 is 0 Å². The van der Waals surface area contributed by atoms with E-state index in [1.165, 1.54) is 0 Å². The second-order valence-electron chi connectivity index (χ2n) is 11.9. The maximum atomic E-state index is 9.45. The molecular formula is C46H28O. The van der Waals surface area contributed by atoms with Crippen LogP contribution in [-0.2, 0) is 0 Å². The molecule has 10 aromatic rings. The summed E-state index contributed by atoms with van der Waals surface area (Å²) >= 11 is 0. The van der Waals surface area contributed by atoms with Crippen LogP contribution in [0.3, 0.4) is 0 Å². The first-order valence-electron chi connectivity index (χ1n) is 19.1. The van der Waals surface area contributed by atoms with E-state index in [1.54, 1.807) is 0 Å². The molecule has 0 fully saturated rings. The van der Waals surface area contributed by atoms with Crippen LogP contribution in [0, 0.1) is 0 Å². The van der Waals surface area contributed by atoms with Crippen molar-refractivity contribution < 1.29 is 14.0 Å². The molecular weight excluding hydrogens is 569 g/mol. The van der Waals surface area contributed by atoms with Gasteiger partial charge in [0.2, 0.25) is 0 Å². The van der Waals surface area contributed by atoms with E-state index >= 15 is 0 Å². The summed E-state index contributed by atoms with van der Waals surface area (Å²) < 4.78 is 67.9. The summed E-state index contributed by atoms with van der Waals surface area (Å²) in [5, 5.41) is 8.56. The molecule has 0 N–H and O–H groups in total. The molecule has 0 spiro atoms. The molecule has 0 radical (unpaired) electrons. The molecule has 0 atom stereocenters. The molecule has 0 saturated heterocycles. The van der Waals surface area contributed by atoms with Crippen LogP contribution in [0.4, 0.5) is 0 Å². The monoisotopic (exact) mass is 603 g/mol. The van der Waals surface area contributed by atoms with Gasteiger partial charge in [-0.3, -0.25) is 0 Å². The molecule has 0 aliphatic carbocycles. The van der Waals surface area contributed by atoms with Gasteiger partial charge in [0.25, 0.3) is 0 Å². The van der Waals surface area contributed by atoms with Gasteiger partial charge in [-0.2, -0.15) is 0 Å². The van der Waals surface area contributed by atoms with Crippen molar-refractivity contribution in [3.63, 3.8) is 0 Å². The lowest BCUT2D eigenvalue weighted by molar-refractivity contribution is 0.669. The fourth-order valence-electron chi connectivity index (χ4n) is 7.36. The van der Waals surface area contributed by atoms with Crippen LogP contribution in [0.2, 0.25) is 0 Å². The standard InChI is InChI=1S/C46H28O/c1-2-14-31-28-32(25-24-29(31)12-1)43-34-16-5-7-18-37(34)46(38-19-8-6-17-35(38)43)45-33-15-4-3-13-30(33)26-27-39(45)36-21-11-23-42-44(36)40-20-9-10-22-41(40)47-42/h1-28H/i9D,10D,11D,20D,21D,22D,23D. The topological polar surface area (TPSA) is 13.1 Å². The lowest BCUT2D eigenvalue weighted by Crippen LogP contribution is -1.94. The zero-order valence-corrected chi connectivity index (χ0v) is 25.0. The maximum Gasteiger partial charge on any atom is 0.136 e. The Morgan fingerprint density at radius 3 is 1.74 bits per heavy atom. The summed E-state index contributed by atoms with van der Waals surface area (Å²) in [5.41, 5.74) is 4.66. The summed E-state index contributed by atoms with van der Waals surface area (Å²) in [6.07, 6.45) is 0. The van der Waals surface area contributed by atoms with Gasteiger partial charge in [0.15, 0.2) is 0 Å². The molecule has 0 bridgehead atoms. The fourth-order valence-corrected chi connectivity index (χ4v) is 7.36. The van der Waals surface area contributed by atoms with Crippen molar-refractivity contribution in [3.8, 4) is 33.4 Å². The average molecular weight is 604 g/mol. The highest BCUT2D eigenvalue weighted by Gasteiger charge is 2.22. The van der Waals surface area contributed by atoms with E-state index in [0.29, 0.717) is 5.56 Å². The predicted molar refractivity (Wildman–Crippen MR) is 200 cm³/mol. The van der Waals surface area contributed by atoms with Crippen LogP contribution >= 0.6 is 0 Å². The zero-order chi connectivity index (χ0) is 37.0. The minimum absolute atomic E-state index is 0.0477. The Bertz CT molecular complexity index is 3200. The Labute approximate surface area is 281 Å². The van der Waals surface area contributed by atoms with E-state index in [-0.39, 0.29) is 57.7 Å². The normalized spacial score (nSPS) is 13.9. The quantitative estimate of drug-likeness (QED) is 0.183. The summed E-state index contributed by atoms with van der Waals surface area (Å²) in [4.78, 5) is 0. The highest BCUT2D eigenvalue weighted by molar-refractivity contribution is 6.26. The zero-order valence-electron chi connectivity index (χ0n) is 32.0. The smallest absolute Gasteiger partial charge is 0.136 e. The molecule has 9 aromatic carbocycles. The van der Waals surface area contributed by atoms with E-state index in [9.17, 15) is 1.37 Å². The first-order valence-corrected chi connectivity index (χ1v) is 15.6. The molecule has 0 saturated carbocycles. The van der Waals surface area contributed by atoms with E-state index in [0.717, 1.165) is 65.3 Å². The fraction of sp³-hybridized carbons (Fsp3) is 0. The van der Waals surface area contributed by atoms with E-state index in [4.69, 9.17) is 12.6 Å². The van der Waals surface area contributed by atoms with Crippen molar-refractivity contribution in [1.82, 2.24) is 0 Å². The summed E-state index contributed by atoms with van der Waals surface area (Å²) in [5.74, 6) is 0. The minimum Gasteiger partial charge on any atom is -0.456 e. The predicted octanol–water partition coefficient (Wildman–Crippen LogP) is 13.2. The van der Waals surface area contributed by atoms with E-state index < -0.39 is 12.1 Å². The Balaban J connectivity index is 1.42. The third-order valence-electron chi connectivity index (χ3n) is 9.37. The maximum absolute atomic E-state index is 9.45. The molecule has 47 heavy (non-hydrogen) atoms. The highest BCUT2D eigenvalue weighted by atomic mass is 16.3. The van der Waals surface area contributed by atoms with Gasteiger partial charge < -0.3 is 4.42 Å². The van der Waals surface area contributed by atoms with Gasteiger partial charge in [0.05, 0.1) is 9.60 Å². The Morgan fingerprint density at radius 2 is 0.979 bits per heavy atom. The van der Waals surface area contributed by atoms with Gasteiger partial charge in [0.1, 0.15) is 11.2 Å². The van der Waals surface area contributed by atoms with Crippen molar-refractivity contribution in [3.05, 3.63) is 170 Å². The number of benzene rings is 9. The second kappa shape index (κ2) is 10.2. The van der Waals surface area contributed by atoms with Crippen LogP contribution in [-0.4, -0.2) is 0 Å². The van der Waals surface area contributed by atoms with Gasteiger partial charge in [0, 0.05) is 10.8 Å². The highest BCUT2D eigenvalue weighted by Crippen LogP contribution is 2.50. The Hall–Kier alpha value is -6.18. The number of hydrogen-bond acceptors (Lipinski definition) is 1. The Kier molecular flexibility index (Phi) is 4.34. The third kappa shape index (κ3) is 3.90. The van der Waals surface area contributed by atoms with E-state index in [1.807, 2.05) is 60.7 Å². The first-order chi connectivity index (χ1) is 26.2. The van der Waals surface area contributed by atoms with Gasteiger partial charge in [-0.15, -0.1) is 0 Å². The third-order valence-corrected chi connectivity index (χ3v) is 9.37. The number of fused-ring (bicyclic) bond motifs is 7. The summed E-state index contributed by atoms with van der Waals surface area (Å²) in [6, 6.07) is 41.0. The molecule has 1 aromatic heterocycles. The minimum atomic E-state index is -0.451. The lowest BCUT2D eigenvalue weighted by atomic mass is 9.81. The van der Waals surface area contributed by atoms with Gasteiger partial charge in [-0.05, 0) is 94.6 Å². The largest absolute Gasteiger partial charge is 0.456 e. The van der Waals surface area contributed by atoms with Gasteiger partial charge in [-0.25, -0.2) is 0 Å². The molecule has 10 rings (SSSR count). The van der Waals surface area contributed by atoms with Crippen LogP contribution in [0.25, 0.3) is 98.4 Å². The van der Waals surface area contributed by atoms with Crippen LogP contribution in [0.5, 0.6) is 0 Å². The van der Waals surface area contributed by atoms with E-state index in [2.05, 4.69) is 66.7 Å². The van der Waals surface area contributed by atoms with Crippen molar-refractivity contribution >= 4 is 65.0 Å². The molecule has 0 unspecified atom stereocenters. The summed E-state index contributed by atoms with van der Waals surface area (Å²) in [6.45, 7) is 0. The first kappa shape index (κ1) is 20.0. The molecule has 1 heterocycles. The second-order valence-corrected chi connectivity index (χ2v) is 11.9. The lowest BCUT2D eigenvalue weighted by Gasteiger charge is -2.21. The SMILES string of the molecule is [2H]c1c([2H])c([2H])c2c(oc3c([2H])c([2H])c([2H])c(-c4ccc5ccccc5c4-c4c5ccccc5c(-c5ccc6ccccc6c5)c5ccccc45)c32)c1[2H]. The number of hydrogen-bond donors (Lipinski definition) is 0. The van der Waals surface area contributed by atoms with Crippen LogP contribution in [0.15, 0.2) is 174 Å².